The predicted octanol–water partition coefficient (Wildman–Crippen LogP) is -0.234. The van der Waals surface area contributed by atoms with Crippen molar-refractivity contribution < 1.29 is 0 Å². The minimum absolute atomic E-state index is 0.767. The number of halogens is 1. The van der Waals surface area contributed by atoms with E-state index in [9.17, 15) is 0 Å². The topological polar surface area (TPSA) is 15.3 Å². The Morgan fingerprint density at radius 2 is 2.12 bits per heavy atom. The number of hydrogen-bond donors (Lipinski definition) is 1. The molecule has 50 valence electrons. The Kier molecular flexibility index (Phi) is 4.55. The van der Waals surface area contributed by atoms with Crippen LogP contribution < -0.4 is 4.98 Å². The third-order valence-electron chi connectivity index (χ3n) is 1.10. The fraction of sp³-hybridized carbons (Fsp3) is 1.00. The van der Waals surface area contributed by atoms with Gasteiger partial charge in [0, 0.05) is 5.50 Å². The van der Waals surface area contributed by atoms with E-state index in [0.717, 1.165) is 5.50 Å². The molecule has 2 nitrogen and oxygen atoms in total. The van der Waals surface area contributed by atoms with Crippen LogP contribution in [0.5, 0.6) is 0 Å². The molecule has 0 rings (SSSR count). The Balaban J connectivity index is 3.35. The summed E-state index contributed by atoms with van der Waals surface area (Å²) in [5.41, 5.74) is 0.767. The van der Waals surface area contributed by atoms with Crippen LogP contribution in [0.25, 0.3) is 0 Å². The van der Waals surface area contributed by atoms with Gasteiger partial charge in [0.05, 0.1) is 0 Å². The molecule has 0 aromatic carbocycles. The summed E-state index contributed by atoms with van der Waals surface area (Å²) < 4.78 is 2.17. The van der Waals surface area contributed by atoms with Crippen LogP contribution in [0.1, 0.15) is 0 Å². The summed E-state index contributed by atoms with van der Waals surface area (Å²) in [7, 11) is 5.14. The zero-order valence-corrected chi connectivity index (χ0v) is 7.52. The van der Waals surface area contributed by atoms with Gasteiger partial charge in [0.1, 0.15) is 0 Å². The minimum Gasteiger partial charge on any atom is -0.330 e. The maximum absolute atomic E-state index is 5.62. The molecule has 0 radical (unpaired) electrons. The van der Waals surface area contributed by atoms with Gasteiger partial charge in [-0.3, -0.25) is 0 Å². The molecular weight excluding hydrogens is 140 g/mol. The standard InChI is InChI=1S/C4H13ClN2Si/c1-6-8(4-5)7(2)3/h6,8H,4H2,1-3H3. The largest absolute Gasteiger partial charge is 0.330 e. The maximum atomic E-state index is 5.62. The first-order valence-corrected chi connectivity index (χ1v) is 5.06. The molecule has 0 fully saturated rings. The Morgan fingerprint density at radius 1 is 1.62 bits per heavy atom. The SMILES string of the molecule is CN[SiH](CCl)N(C)C. The van der Waals surface area contributed by atoms with E-state index >= 15 is 0 Å². The third-order valence-corrected chi connectivity index (χ3v) is 4.19. The molecule has 0 saturated carbocycles. The molecule has 1 atom stereocenters. The van der Waals surface area contributed by atoms with Crippen LogP contribution in [0.4, 0.5) is 0 Å². The lowest BCUT2D eigenvalue weighted by Crippen LogP contribution is -2.46. The second-order valence-electron chi connectivity index (χ2n) is 1.92. The van der Waals surface area contributed by atoms with Crippen molar-refractivity contribution in [2.75, 3.05) is 26.6 Å². The molecule has 0 aromatic rings. The molecule has 0 aromatic heterocycles. The van der Waals surface area contributed by atoms with Gasteiger partial charge in [-0.25, -0.2) is 0 Å². The minimum atomic E-state index is -0.917. The molecule has 0 aliphatic rings. The number of alkyl halides is 1. The summed E-state index contributed by atoms with van der Waals surface area (Å²) in [5.74, 6) is 0. The van der Waals surface area contributed by atoms with Crippen LogP contribution >= 0.6 is 11.6 Å². The molecule has 4 heteroatoms. The van der Waals surface area contributed by atoms with Gasteiger partial charge in [-0.2, -0.15) is 0 Å². The van der Waals surface area contributed by atoms with Gasteiger partial charge in [-0.05, 0) is 21.1 Å². The van der Waals surface area contributed by atoms with Crippen LogP contribution in [0, 0.1) is 0 Å². The summed E-state index contributed by atoms with van der Waals surface area (Å²) in [5, 5.41) is 0. The van der Waals surface area contributed by atoms with Crippen LogP contribution in [0.15, 0.2) is 0 Å². The average Bonchev–Trinajstić information content (AvgIpc) is 1.69. The quantitative estimate of drug-likeness (QED) is 0.444. The molecule has 1 unspecified atom stereocenters. The van der Waals surface area contributed by atoms with Crippen molar-refractivity contribution in [2.45, 2.75) is 0 Å². The summed E-state index contributed by atoms with van der Waals surface area (Å²) >= 11 is 5.62. The molecule has 0 aliphatic carbocycles. The molecule has 0 bridgehead atoms. The normalized spacial score (nSPS) is 14.6. The summed E-state index contributed by atoms with van der Waals surface area (Å²) in [6, 6.07) is 0. The fourth-order valence-electron chi connectivity index (χ4n) is 0.473. The maximum Gasteiger partial charge on any atom is 0.201 e. The second kappa shape index (κ2) is 4.32. The predicted molar refractivity (Wildman–Crippen MR) is 40.6 cm³/mol. The molecule has 0 amide bonds. The highest BCUT2D eigenvalue weighted by Gasteiger charge is 2.07. The zero-order chi connectivity index (χ0) is 6.57. The first-order valence-electron chi connectivity index (χ1n) is 2.62. The smallest absolute Gasteiger partial charge is 0.201 e. The molecule has 1 N–H and O–H groups in total. The van der Waals surface area contributed by atoms with Crippen molar-refractivity contribution in [3.8, 4) is 0 Å². The van der Waals surface area contributed by atoms with Crippen molar-refractivity contribution in [3.63, 3.8) is 0 Å². The van der Waals surface area contributed by atoms with Crippen molar-refractivity contribution in [3.05, 3.63) is 0 Å². The van der Waals surface area contributed by atoms with Gasteiger partial charge in [0.2, 0.25) is 9.12 Å². The Labute approximate surface area is 57.6 Å². The van der Waals surface area contributed by atoms with Gasteiger partial charge in [0.25, 0.3) is 0 Å². The average molecular weight is 153 g/mol. The van der Waals surface area contributed by atoms with E-state index in [1.165, 1.54) is 0 Å². The lowest BCUT2D eigenvalue weighted by atomic mass is 11.3. The van der Waals surface area contributed by atoms with Crippen LogP contribution in [-0.4, -0.2) is 40.3 Å². The first-order chi connectivity index (χ1) is 3.72. The molecular formula is C4H13ClN2Si. The molecule has 0 spiro atoms. The number of nitrogens with one attached hydrogen (secondary N) is 1. The number of nitrogens with zero attached hydrogens (tertiary/aromatic N) is 1. The number of rotatable bonds is 3. The van der Waals surface area contributed by atoms with Crippen LogP contribution in [-0.2, 0) is 0 Å². The summed E-state index contributed by atoms with van der Waals surface area (Å²) in [4.78, 5) is 3.18. The highest BCUT2D eigenvalue weighted by molar-refractivity contribution is 6.62. The van der Waals surface area contributed by atoms with Gasteiger partial charge in [-0.15, -0.1) is 11.6 Å². The van der Waals surface area contributed by atoms with E-state index in [1.54, 1.807) is 0 Å². The highest BCUT2D eigenvalue weighted by Crippen LogP contribution is 1.83. The van der Waals surface area contributed by atoms with Crippen molar-refractivity contribution in [1.82, 2.24) is 9.55 Å². The van der Waals surface area contributed by atoms with Gasteiger partial charge < -0.3 is 9.55 Å². The van der Waals surface area contributed by atoms with Crippen LogP contribution in [0.3, 0.4) is 0 Å². The van der Waals surface area contributed by atoms with Crippen molar-refractivity contribution in [2.24, 2.45) is 0 Å². The second-order valence-corrected chi connectivity index (χ2v) is 5.80. The molecule has 0 heterocycles. The van der Waals surface area contributed by atoms with Gasteiger partial charge in [-0.1, -0.05) is 0 Å². The highest BCUT2D eigenvalue weighted by atomic mass is 35.5. The monoisotopic (exact) mass is 152 g/mol. The third kappa shape index (κ3) is 2.67. The molecule has 8 heavy (non-hydrogen) atoms. The molecule has 0 saturated heterocycles. The van der Waals surface area contributed by atoms with Crippen molar-refractivity contribution in [1.29, 1.82) is 0 Å². The van der Waals surface area contributed by atoms with E-state index in [2.05, 4.69) is 23.6 Å². The Morgan fingerprint density at radius 3 is 2.12 bits per heavy atom. The van der Waals surface area contributed by atoms with E-state index in [-0.39, 0.29) is 0 Å². The van der Waals surface area contributed by atoms with Gasteiger partial charge in [0.15, 0.2) is 0 Å². The van der Waals surface area contributed by atoms with Gasteiger partial charge >= 0.3 is 0 Å². The van der Waals surface area contributed by atoms with E-state index < -0.39 is 9.12 Å². The lowest BCUT2D eigenvalue weighted by Gasteiger charge is -2.18. The summed E-state index contributed by atoms with van der Waals surface area (Å²) in [6.07, 6.45) is 0. The Hall–Kier alpha value is 0.427. The lowest BCUT2D eigenvalue weighted by molar-refractivity contribution is 0.627. The fourth-order valence-corrected chi connectivity index (χ4v) is 2.71. The Bertz CT molecular complexity index is 56.0. The summed E-state index contributed by atoms with van der Waals surface area (Å²) in [6.45, 7) is 0. The first kappa shape index (κ1) is 8.43. The molecule has 0 aliphatic heterocycles. The van der Waals surface area contributed by atoms with E-state index in [1.807, 2.05) is 7.05 Å². The number of hydrogen-bond acceptors (Lipinski definition) is 2. The van der Waals surface area contributed by atoms with Crippen molar-refractivity contribution >= 4 is 20.7 Å². The van der Waals surface area contributed by atoms with Crippen LogP contribution in [0.2, 0.25) is 0 Å². The zero-order valence-electron chi connectivity index (χ0n) is 5.61. The van der Waals surface area contributed by atoms with E-state index in [0.29, 0.717) is 0 Å². The van der Waals surface area contributed by atoms with E-state index in [4.69, 9.17) is 11.6 Å².